The van der Waals surface area contributed by atoms with E-state index in [9.17, 15) is 5.11 Å². The molecule has 0 bridgehead atoms. The van der Waals surface area contributed by atoms with Crippen LogP contribution in [-0.2, 0) is 6.42 Å². The Morgan fingerprint density at radius 2 is 1.81 bits per heavy atom. The summed E-state index contributed by atoms with van der Waals surface area (Å²) < 4.78 is 0. The monoisotopic (exact) mass is 211 g/mol. The van der Waals surface area contributed by atoms with Gasteiger partial charge in [-0.3, -0.25) is 0 Å². The Hall–Kier alpha value is -1.76. The molecule has 0 saturated carbocycles. The van der Waals surface area contributed by atoms with E-state index >= 15 is 0 Å². The average molecular weight is 211 g/mol. The average Bonchev–Trinajstić information content (AvgIpc) is 2.33. The molecule has 1 heteroatoms. The second-order valence-electron chi connectivity index (χ2n) is 3.80. The fourth-order valence-corrected chi connectivity index (χ4v) is 1.67. The van der Waals surface area contributed by atoms with E-state index in [1.807, 2.05) is 48.9 Å². The molecule has 0 atom stereocenters. The lowest BCUT2D eigenvalue weighted by Gasteiger charge is -2.06. The van der Waals surface area contributed by atoms with Crippen LogP contribution in [0.15, 0.2) is 48.5 Å². The van der Waals surface area contributed by atoms with Crippen LogP contribution in [0.4, 0.5) is 0 Å². The summed E-state index contributed by atoms with van der Waals surface area (Å²) in [7, 11) is 0. The molecule has 0 amide bonds. The van der Waals surface area contributed by atoms with Gasteiger partial charge in [-0.05, 0) is 23.6 Å². The number of benzene rings is 2. The van der Waals surface area contributed by atoms with Crippen LogP contribution in [0.3, 0.4) is 0 Å². The standard InChI is InChI=1S/C15H15O/c1-2-12-8-9-15(16)14(10-12)11-13-6-4-3-5-7-13/h3-11,16H,2H2,1H3. The number of hydrogen-bond acceptors (Lipinski definition) is 1. The molecular weight excluding hydrogens is 196 g/mol. The molecule has 0 saturated heterocycles. The quantitative estimate of drug-likeness (QED) is 0.823. The summed E-state index contributed by atoms with van der Waals surface area (Å²) in [6.45, 7) is 2.11. The second-order valence-corrected chi connectivity index (χ2v) is 3.80. The van der Waals surface area contributed by atoms with Crippen molar-refractivity contribution in [3.8, 4) is 5.75 Å². The van der Waals surface area contributed by atoms with E-state index in [-0.39, 0.29) is 0 Å². The van der Waals surface area contributed by atoms with Gasteiger partial charge in [-0.1, -0.05) is 49.4 Å². The van der Waals surface area contributed by atoms with Crippen molar-refractivity contribution in [1.29, 1.82) is 0 Å². The fraction of sp³-hybridized carbons (Fsp3) is 0.133. The maximum Gasteiger partial charge on any atom is 0.119 e. The Morgan fingerprint density at radius 3 is 2.50 bits per heavy atom. The number of phenolic OH excluding ortho intramolecular Hbond substituents is 1. The summed E-state index contributed by atoms with van der Waals surface area (Å²) in [6.07, 6.45) is 2.98. The number of aryl methyl sites for hydroxylation is 1. The van der Waals surface area contributed by atoms with E-state index in [1.165, 1.54) is 5.56 Å². The van der Waals surface area contributed by atoms with Crippen molar-refractivity contribution in [2.24, 2.45) is 0 Å². The summed E-state index contributed by atoms with van der Waals surface area (Å²) in [5, 5.41) is 9.76. The minimum absolute atomic E-state index is 0.334. The Bertz CT molecular complexity index is 460. The molecule has 81 valence electrons. The normalized spacial score (nSPS) is 10.3. The van der Waals surface area contributed by atoms with Crippen molar-refractivity contribution in [3.05, 3.63) is 71.6 Å². The van der Waals surface area contributed by atoms with Crippen LogP contribution in [0.2, 0.25) is 0 Å². The molecule has 16 heavy (non-hydrogen) atoms. The lowest BCUT2D eigenvalue weighted by Crippen LogP contribution is -1.88. The van der Waals surface area contributed by atoms with Gasteiger partial charge in [-0.25, -0.2) is 0 Å². The lowest BCUT2D eigenvalue weighted by atomic mass is 10.0. The van der Waals surface area contributed by atoms with Gasteiger partial charge in [0.2, 0.25) is 0 Å². The Balaban J connectivity index is 2.27. The first-order valence-electron chi connectivity index (χ1n) is 5.51. The molecule has 0 aliphatic carbocycles. The minimum atomic E-state index is 0.334. The van der Waals surface area contributed by atoms with E-state index in [4.69, 9.17) is 0 Å². The smallest absolute Gasteiger partial charge is 0.119 e. The van der Waals surface area contributed by atoms with E-state index in [2.05, 4.69) is 6.92 Å². The van der Waals surface area contributed by atoms with E-state index in [1.54, 1.807) is 6.07 Å². The molecule has 2 aromatic rings. The number of hydrogen-bond donors (Lipinski definition) is 1. The third kappa shape index (κ3) is 2.43. The predicted molar refractivity (Wildman–Crippen MR) is 66.4 cm³/mol. The molecule has 2 aromatic carbocycles. The molecule has 0 aromatic heterocycles. The van der Waals surface area contributed by atoms with Crippen LogP contribution in [-0.4, -0.2) is 5.11 Å². The first-order valence-corrected chi connectivity index (χ1v) is 5.51. The van der Waals surface area contributed by atoms with Gasteiger partial charge in [0.15, 0.2) is 0 Å². The zero-order valence-electron chi connectivity index (χ0n) is 9.35. The van der Waals surface area contributed by atoms with E-state index in [0.717, 1.165) is 17.5 Å². The third-order valence-corrected chi connectivity index (χ3v) is 2.62. The van der Waals surface area contributed by atoms with Crippen molar-refractivity contribution in [1.82, 2.24) is 0 Å². The van der Waals surface area contributed by atoms with Gasteiger partial charge in [0, 0.05) is 12.0 Å². The largest absolute Gasteiger partial charge is 0.508 e. The van der Waals surface area contributed by atoms with Crippen LogP contribution < -0.4 is 0 Å². The van der Waals surface area contributed by atoms with Gasteiger partial charge in [0.25, 0.3) is 0 Å². The lowest BCUT2D eigenvalue weighted by molar-refractivity contribution is 0.472. The van der Waals surface area contributed by atoms with Gasteiger partial charge >= 0.3 is 0 Å². The number of rotatable bonds is 3. The highest BCUT2D eigenvalue weighted by molar-refractivity contribution is 5.46. The molecule has 0 aliphatic heterocycles. The van der Waals surface area contributed by atoms with E-state index in [0.29, 0.717) is 5.75 Å². The van der Waals surface area contributed by atoms with Crippen LogP contribution >= 0.6 is 0 Å². The van der Waals surface area contributed by atoms with Crippen LogP contribution in [0, 0.1) is 6.42 Å². The Morgan fingerprint density at radius 1 is 1.06 bits per heavy atom. The number of aromatic hydroxyl groups is 1. The molecule has 0 aliphatic rings. The van der Waals surface area contributed by atoms with Crippen molar-refractivity contribution in [3.63, 3.8) is 0 Å². The van der Waals surface area contributed by atoms with Crippen LogP contribution in [0.1, 0.15) is 23.6 Å². The van der Waals surface area contributed by atoms with Gasteiger partial charge in [-0.2, -0.15) is 0 Å². The summed E-state index contributed by atoms with van der Waals surface area (Å²) in [5.41, 5.74) is 3.22. The summed E-state index contributed by atoms with van der Waals surface area (Å²) in [6, 6.07) is 15.8. The molecule has 0 heterocycles. The first-order chi connectivity index (χ1) is 7.79. The molecule has 0 unspecified atom stereocenters. The Labute approximate surface area is 96.4 Å². The second kappa shape index (κ2) is 4.84. The zero-order chi connectivity index (χ0) is 11.4. The summed E-state index contributed by atoms with van der Waals surface area (Å²) in [4.78, 5) is 0. The van der Waals surface area contributed by atoms with Gasteiger partial charge in [0.05, 0.1) is 0 Å². The highest BCUT2D eigenvalue weighted by Crippen LogP contribution is 2.23. The highest BCUT2D eigenvalue weighted by atomic mass is 16.3. The molecule has 0 spiro atoms. The number of phenols is 1. The molecule has 2 rings (SSSR count). The van der Waals surface area contributed by atoms with Gasteiger partial charge in [0.1, 0.15) is 5.75 Å². The fourth-order valence-electron chi connectivity index (χ4n) is 1.67. The minimum Gasteiger partial charge on any atom is -0.508 e. The third-order valence-electron chi connectivity index (χ3n) is 2.62. The van der Waals surface area contributed by atoms with E-state index < -0.39 is 0 Å². The maximum atomic E-state index is 9.76. The topological polar surface area (TPSA) is 20.2 Å². The maximum absolute atomic E-state index is 9.76. The van der Waals surface area contributed by atoms with Crippen molar-refractivity contribution < 1.29 is 5.11 Å². The summed E-state index contributed by atoms with van der Waals surface area (Å²) in [5.74, 6) is 0.334. The van der Waals surface area contributed by atoms with Crippen molar-refractivity contribution in [2.75, 3.05) is 0 Å². The van der Waals surface area contributed by atoms with Crippen LogP contribution in [0.25, 0.3) is 0 Å². The predicted octanol–water partition coefficient (Wildman–Crippen LogP) is 3.56. The molecule has 1 nitrogen and oxygen atoms in total. The van der Waals surface area contributed by atoms with Crippen molar-refractivity contribution in [2.45, 2.75) is 13.3 Å². The Kier molecular flexibility index (Phi) is 3.25. The molecule has 0 fully saturated rings. The molecule has 1 N–H and O–H groups in total. The first kappa shape index (κ1) is 10.7. The molecular formula is C15H15O. The van der Waals surface area contributed by atoms with Gasteiger partial charge < -0.3 is 5.11 Å². The SMILES string of the molecule is CCc1ccc(O)c([CH]c2ccccc2)c1. The van der Waals surface area contributed by atoms with Crippen LogP contribution in [0.5, 0.6) is 5.75 Å². The van der Waals surface area contributed by atoms with Crippen molar-refractivity contribution >= 4 is 0 Å². The van der Waals surface area contributed by atoms with Gasteiger partial charge in [-0.15, -0.1) is 0 Å². The summed E-state index contributed by atoms with van der Waals surface area (Å²) >= 11 is 0. The molecule has 1 radical (unpaired) electrons. The highest BCUT2D eigenvalue weighted by Gasteiger charge is 2.03. The zero-order valence-corrected chi connectivity index (χ0v) is 9.35.